The van der Waals surface area contributed by atoms with E-state index in [1.165, 1.54) is 12.2 Å². The van der Waals surface area contributed by atoms with Gasteiger partial charge in [0.2, 0.25) is 5.88 Å². The maximum Gasteiger partial charge on any atom is 0.218 e. The fraction of sp³-hybridized carbons (Fsp3) is 0.647. The molecule has 6 heteroatoms. The fourth-order valence-electron chi connectivity index (χ4n) is 1.96. The highest BCUT2D eigenvalue weighted by atomic mass is 32.2. The van der Waals surface area contributed by atoms with Crippen molar-refractivity contribution in [2.24, 2.45) is 4.99 Å². The first-order chi connectivity index (χ1) is 11.3. The molecule has 1 rings (SSSR count). The number of thioether (sulfide) groups is 1. The highest BCUT2D eigenvalue weighted by Gasteiger charge is 2.04. The number of unbranched alkanes of at least 4 members (excludes halogenated alkanes) is 1. The molecule has 0 unspecified atom stereocenters. The van der Waals surface area contributed by atoms with E-state index >= 15 is 0 Å². The second-order valence-corrected chi connectivity index (χ2v) is 6.12. The lowest BCUT2D eigenvalue weighted by atomic mass is 10.3. The molecule has 0 radical (unpaired) electrons. The van der Waals surface area contributed by atoms with Crippen LogP contribution in [0.25, 0.3) is 0 Å². The van der Waals surface area contributed by atoms with E-state index in [1.807, 2.05) is 23.9 Å². The molecule has 0 aliphatic rings. The number of ether oxygens (including phenoxy) is 1. The van der Waals surface area contributed by atoms with Gasteiger partial charge < -0.3 is 15.4 Å². The van der Waals surface area contributed by atoms with Crippen LogP contribution in [0.4, 0.5) is 0 Å². The first kappa shape index (κ1) is 19.6. The van der Waals surface area contributed by atoms with Crippen molar-refractivity contribution in [3.8, 4) is 5.88 Å². The SMILES string of the molecule is CCCOc1ncccc1CN=C(NCC)NCCCCSC. The van der Waals surface area contributed by atoms with Gasteiger partial charge in [0.25, 0.3) is 0 Å². The summed E-state index contributed by atoms with van der Waals surface area (Å²) < 4.78 is 5.68. The second kappa shape index (κ2) is 13.0. The van der Waals surface area contributed by atoms with Gasteiger partial charge in [-0.15, -0.1) is 0 Å². The van der Waals surface area contributed by atoms with Crippen molar-refractivity contribution < 1.29 is 4.74 Å². The smallest absolute Gasteiger partial charge is 0.218 e. The van der Waals surface area contributed by atoms with Crippen LogP contribution in [0, 0.1) is 0 Å². The van der Waals surface area contributed by atoms with Gasteiger partial charge >= 0.3 is 0 Å². The third-order valence-electron chi connectivity index (χ3n) is 3.11. The summed E-state index contributed by atoms with van der Waals surface area (Å²) in [6, 6.07) is 3.94. The third-order valence-corrected chi connectivity index (χ3v) is 3.81. The van der Waals surface area contributed by atoms with Gasteiger partial charge in [0.1, 0.15) is 0 Å². The molecule has 1 heterocycles. The number of guanidine groups is 1. The Morgan fingerprint density at radius 3 is 2.91 bits per heavy atom. The van der Waals surface area contributed by atoms with Gasteiger partial charge in [-0.25, -0.2) is 9.98 Å². The lowest BCUT2D eigenvalue weighted by molar-refractivity contribution is 0.302. The molecule has 0 bridgehead atoms. The Kier molecular flexibility index (Phi) is 11.1. The summed E-state index contributed by atoms with van der Waals surface area (Å²) in [5.74, 6) is 2.75. The maximum atomic E-state index is 5.68. The Hall–Kier alpha value is -1.43. The zero-order chi connectivity index (χ0) is 16.8. The predicted molar refractivity (Wildman–Crippen MR) is 100 cm³/mol. The molecule has 2 N–H and O–H groups in total. The van der Waals surface area contributed by atoms with Crippen molar-refractivity contribution in [1.82, 2.24) is 15.6 Å². The van der Waals surface area contributed by atoms with E-state index in [0.29, 0.717) is 19.0 Å². The summed E-state index contributed by atoms with van der Waals surface area (Å²) in [5.41, 5.74) is 1.01. The molecule has 1 aromatic rings. The molecule has 0 saturated carbocycles. The van der Waals surface area contributed by atoms with Crippen LogP contribution >= 0.6 is 11.8 Å². The Morgan fingerprint density at radius 1 is 1.30 bits per heavy atom. The van der Waals surface area contributed by atoms with Crippen molar-refractivity contribution in [2.45, 2.75) is 39.7 Å². The minimum atomic E-state index is 0.563. The molecule has 1 aromatic heterocycles. The molecule has 0 aliphatic carbocycles. The molecule has 0 fully saturated rings. The summed E-state index contributed by atoms with van der Waals surface area (Å²) in [7, 11) is 0. The summed E-state index contributed by atoms with van der Waals surface area (Å²) in [6.07, 6.45) is 7.26. The van der Waals surface area contributed by atoms with Gasteiger partial charge in [-0.3, -0.25) is 0 Å². The van der Waals surface area contributed by atoms with Gasteiger partial charge in [0, 0.05) is 24.8 Å². The van der Waals surface area contributed by atoms with Crippen molar-refractivity contribution in [1.29, 1.82) is 0 Å². The van der Waals surface area contributed by atoms with Crippen LogP contribution < -0.4 is 15.4 Å². The number of pyridine rings is 1. The van der Waals surface area contributed by atoms with Crippen LogP contribution in [0.2, 0.25) is 0 Å². The van der Waals surface area contributed by atoms with Crippen LogP contribution in [-0.4, -0.2) is 42.6 Å². The normalized spacial score (nSPS) is 11.3. The second-order valence-electron chi connectivity index (χ2n) is 5.14. The summed E-state index contributed by atoms with van der Waals surface area (Å²) in [5, 5.41) is 6.66. The van der Waals surface area contributed by atoms with E-state index in [-0.39, 0.29) is 0 Å². The molecule has 0 aromatic carbocycles. The van der Waals surface area contributed by atoms with Gasteiger partial charge in [-0.2, -0.15) is 11.8 Å². The number of aliphatic imine (C=N–C) groups is 1. The Balaban J connectivity index is 2.55. The predicted octanol–water partition coefficient (Wildman–Crippen LogP) is 3.07. The largest absolute Gasteiger partial charge is 0.477 e. The third kappa shape index (κ3) is 8.69. The number of hydrogen-bond donors (Lipinski definition) is 2. The first-order valence-corrected chi connectivity index (χ1v) is 9.79. The summed E-state index contributed by atoms with van der Waals surface area (Å²) in [6.45, 7) is 7.20. The lowest BCUT2D eigenvalue weighted by Gasteiger charge is -2.12. The zero-order valence-electron chi connectivity index (χ0n) is 14.6. The average molecular weight is 339 g/mol. The Labute approximate surface area is 144 Å². The van der Waals surface area contributed by atoms with Gasteiger partial charge in [-0.1, -0.05) is 13.0 Å². The molecule has 23 heavy (non-hydrogen) atoms. The number of rotatable bonds is 11. The van der Waals surface area contributed by atoms with Crippen LogP contribution in [0.3, 0.4) is 0 Å². The molecule has 0 amide bonds. The number of nitrogens with zero attached hydrogens (tertiary/aromatic N) is 2. The van der Waals surface area contributed by atoms with E-state index in [4.69, 9.17) is 4.74 Å². The van der Waals surface area contributed by atoms with Crippen LogP contribution in [-0.2, 0) is 6.54 Å². The van der Waals surface area contributed by atoms with E-state index in [0.717, 1.165) is 37.5 Å². The molecule has 5 nitrogen and oxygen atoms in total. The van der Waals surface area contributed by atoms with E-state index in [2.05, 4.69) is 40.7 Å². The van der Waals surface area contributed by atoms with E-state index in [9.17, 15) is 0 Å². The first-order valence-electron chi connectivity index (χ1n) is 8.39. The van der Waals surface area contributed by atoms with Crippen LogP contribution in [0.15, 0.2) is 23.3 Å². The number of hydrogen-bond acceptors (Lipinski definition) is 4. The minimum absolute atomic E-state index is 0.563. The highest BCUT2D eigenvalue weighted by Crippen LogP contribution is 2.15. The fourth-order valence-corrected chi connectivity index (χ4v) is 2.45. The van der Waals surface area contributed by atoms with Crippen LogP contribution in [0.1, 0.15) is 38.7 Å². The van der Waals surface area contributed by atoms with Crippen molar-refractivity contribution in [3.63, 3.8) is 0 Å². The summed E-state index contributed by atoms with van der Waals surface area (Å²) >= 11 is 1.89. The lowest BCUT2D eigenvalue weighted by Crippen LogP contribution is -2.37. The molecular weight excluding hydrogens is 308 g/mol. The van der Waals surface area contributed by atoms with Crippen molar-refractivity contribution >= 4 is 17.7 Å². The van der Waals surface area contributed by atoms with Crippen molar-refractivity contribution in [3.05, 3.63) is 23.9 Å². The average Bonchev–Trinajstić information content (AvgIpc) is 2.58. The quantitative estimate of drug-likeness (QED) is 0.369. The zero-order valence-corrected chi connectivity index (χ0v) is 15.4. The van der Waals surface area contributed by atoms with E-state index in [1.54, 1.807) is 6.20 Å². The molecular formula is C17H30N4OS. The van der Waals surface area contributed by atoms with E-state index < -0.39 is 0 Å². The molecule has 0 spiro atoms. The highest BCUT2D eigenvalue weighted by molar-refractivity contribution is 7.98. The molecule has 0 atom stereocenters. The number of aromatic nitrogens is 1. The Bertz CT molecular complexity index is 454. The molecule has 0 aliphatic heterocycles. The van der Waals surface area contributed by atoms with Gasteiger partial charge in [-0.05, 0) is 44.3 Å². The molecule has 130 valence electrons. The standard InChI is InChI=1S/C17H30N4OS/c1-4-12-22-16-15(9-8-11-19-16)14-21-17(18-5-2)20-10-6-7-13-23-3/h8-9,11H,4-7,10,12-14H2,1-3H3,(H2,18,20,21). The number of nitrogens with one attached hydrogen (secondary N) is 2. The maximum absolute atomic E-state index is 5.68. The van der Waals surface area contributed by atoms with Gasteiger partial charge in [0.05, 0.1) is 13.2 Å². The van der Waals surface area contributed by atoms with Crippen molar-refractivity contribution in [2.75, 3.05) is 31.7 Å². The van der Waals surface area contributed by atoms with Crippen LogP contribution in [0.5, 0.6) is 5.88 Å². The Morgan fingerprint density at radius 2 is 2.17 bits per heavy atom. The monoisotopic (exact) mass is 338 g/mol. The van der Waals surface area contributed by atoms with Gasteiger partial charge in [0.15, 0.2) is 5.96 Å². The summed E-state index contributed by atoms with van der Waals surface area (Å²) in [4.78, 5) is 8.94. The minimum Gasteiger partial charge on any atom is -0.477 e. The molecule has 0 saturated heterocycles. The topological polar surface area (TPSA) is 58.5 Å².